The predicted octanol–water partition coefficient (Wildman–Crippen LogP) is 3.12. The van der Waals surface area contributed by atoms with Gasteiger partial charge in [0, 0.05) is 5.54 Å². The Hall–Kier alpha value is -0.380. The van der Waals surface area contributed by atoms with Crippen molar-refractivity contribution in [3.63, 3.8) is 0 Å². The van der Waals surface area contributed by atoms with E-state index in [1.165, 1.54) is 83.7 Å². The van der Waals surface area contributed by atoms with Crippen LogP contribution in [-0.2, 0) is 0 Å². The summed E-state index contributed by atoms with van der Waals surface area (Å²) in [7, 11) is 0. The number of nitrogens with zero attached hydrogens (tertiary/aromatic N) is 1. The molecular weight excluding hydrogens is 246 g/mol. The van der Waals surface area contributed by atoms with Gasteiger partial charge in [0.05, 0.1) is 6.04 Å². The van der Waals surface area contributed by atoms with Gasteiger partial charge in [-0.15, -0.1) is 0 Å². The third-order valence-corrected chi connectivity index (χ3v) is 5.86. The van der Waals surface area contributed by atoms with Crippen LogP contribution in [0.25, 0.3) is 0 Å². The van der Waals surface area contributed by atoms with Crippen LogP contribution in [0.15, 0.2) is 11.6 Å². The third kappa shape index (κ3) is 2.68. The molecule has 2 aliphatic carbocycles. The average molecular weight is 277 g/mol. The molecule has 3 rings (SSSR count). The van der Waals surface area contributed by atoms with Gasteiger partial charge in [0.15, 0.2) is 0 Å². The monoisotopic (exact) mass is 277 g/mol. The molecule has 3 aliphatic rings. The lowest BCUT2D eigenvalue weighted by Gasteiger charge is -2.49. The highest BCUT2D eigenvalue weighted by Crippen LogP contribution is 2.42. The van der Waals surface area contributed by atoms with Crippen molar-refractivity contribution in [2.75, 3.05) is 13.1 Å². The van der Waals surface area contributed by atoms with Gasteiger partial charge in [0.1, 0.15) is 0 Å². The van der Waals surface area contributed by atoms with E-state index in [1.54, 1.807) is 5.57 Å². The summed E-state index contributed by atoms with van der Waals surface area (Å²) in [6, 6.07) is 0.392. The van der Waals surface area contributed by atoms with Crippen LogP contribution in [0.4, 0.5) is 0 Å². The van der Waals surface area contributed by atoms with Crippen molar-refractivity contribution in [3.8, 4) is 0 Å². The lowest BCUT2D eigenvalue weighted by Crippen LogP contribution is -2.63. The molecule has 20 heavy (non-hydrogen) atoms. The van der Waals surface area contributed by atoms with Crippen LogP contribution in [0.5, 0.6) is 0 Å². The quantitative estimate of drug-likeness (QED) is 0.471. The highest BCUT2D eigenvalue weighted by Gasteiger charge is 2.46. The van der Waals surface area contributed by atoms with Gasteiger partial charge >= 0.3 is 0 Å². The molecule has 1 unspecified atom stereocenters. The zero-order valence-electron chi connectivity index (χ0n) is 12.9. The summed E-state index contributed by atoms with van der Waals surface area (Å²) in [4.78, 5) is 2.80. The minimum Gasteiger partial charge on any atom is -0.296 e. The fourth-order valence-electron chi connectivity index (χ4n) is 4.85. The van der Waals surface area contributed by atoms with Gasteiger partial charge in [0.2, 0.25) is 0 Å². The summed E-state index contributed by atoms with van der Waals surface area (Å²) in [5.74, 6) is 6.06. The zero-order valence-corrected chi connectivity index (χ0v) is 12.9. The normalized spacial score (nSPS) is 29.1. The lowest BCUT2D eigenvalue weighted by atomic mass is 9.78. The predicted molar refractivity (Wildman–Crippen MR) is 84.3 cm³/mol. The second kappa shape index (κ2) is 6.59. The molecule has 3 N–H and O–H groups in total. The highest BCUT2D eigenvalue weighted by atomic mass is 15.3. The molecule has 0 amide bonds. The number of allylic oxidation sites excluding steroid dienone is 1. The highest BCUT2D eigenvalue weighted by molar-refractivity contribution is 5.22. The first-order valence-electron chi connectivity index (χ1n) is 8.77. The molecule has 0 aromatic heterocycles. The van der Waals surface area contributed by atoms with E-state index in [1.807, 2.05) is 0 Å². The van der Waals surface area contributed by atoms with Gasteiger partial charge < -0.3 is 0 Å². The van der Waals surface area contributed by atoms with Crippen molar-refractivity contribution in [2.24, 2.45) is 5.84 Å². The third-order valence-electron chi connectivity index (χ3n) is 5.86. The van der Waals surface area contributed by atoms with E-state index in [-0.39, 0.29) is 0 Å². The Balaban J connectivity index is 1.85. The maximum Gasteiger partial charge on any atom is 0.0604 e. The summed E-state index contributed by atoms with van der Waals surface area (Å²) in [5.41, 5.74) is 5.16. The van der Waals surface area contributed by atoms with E-state index >= 15 is 0 Å². The maximum atomic E-state index is 6.06. The van der Waals surface area contributed by atoms with Crippen LogP contribution in [0.2, 0.25) is 0 Å². The fraction of sp³-hybridized carbons (Fsp3) is 0.882. The molecule has 0 spiro atoms. The van der Waals surface area contributed by atoms with Crippen LogP contribution < -0.4 is 11.3 Å². The van der Waals surface area contributed by atoms with Gasteiger partial charge in [-0.1, -0.05) is 30.9 Å². The molecule has 1 saturated carbocycles. The van der Waals surface area contributed by atoms with Crippen molar-refractivity contribution >= 4 is 0 Å². The topological polar surface area (TPSA) is 41.3 Å². The number of piperidine rings is 1. The Kier molecular flexibility index (Phi) is 4.79. The molecule has 2 fully saturated rings. The van der Waals surface area contributed by atoms with E-state index < -0.39 is 0 Å². The number of likely N-dealkylation sites (tertiary alicyclic amines) is 1. The summed E-state index contributed by atoms with van der Waals surface area (Å²) in [6.07, 6.45) is 17.3. The second-order valence-electron chi connectivity index (χ2n) is 6.98. The Morgan fingerprint density at radius 2 is 1.75 bits per heavy atom. The molecule has 0 aromatic carbocycles. The van der Waals surface area contributed by atoms with Crippen LogP contribution in [-0.4, -0.2) is 29.6 Å². The SMILES string of the molecule is NNC(C1=CCCCC1)C1(N2CCCCC2)CCCC1. The second-order valence-corrected chi connectivity index (χ2v) is 6.98. The van der Waals surface area contributed by atoms with E-state index in [0.717, 1.165) is 0 Å². The molecule has 3 nitrogen and oxygen atoms in total. The molecule has 1 heterocycles. The number of nitrogens with two attached hydrogens (primary N) is 1. The lowest BCUT2D eigenvalue weighted by molar-refractivity contribution is 0.0456. The molecule has 114 valence electrons. The largest absolute Gasteiger partial charge is 0.296 e. The average Bonchev–Trinajstić information content (AvgIpc) is 3.01. The Bertz CT molecular complexity index is 338. The molecule has 0 bridgehead atoms. The molecule has 0 aromatic rings. The Labute approximate surface area is 123 Å². The summed E-state index contributed by atoms with van der Waals surface area (Å²) < 4.78 is 0. The maximum absolute atomic E-state index is 6.06. The first-order chi connectivity index (χ1) is 9.87. The number of hydrazine groups is 1. The van der Waals surface area contributed by atoms with Crippen molar-refractivity contribution in [2.45, 2.75) is 82.2 Å². The minimum atomic E-state index is 0.318. The molecule has 3 heteroatoms. The van der Waals surface area contributed by atoms with Crippen LogP contribution in [0.3, 0.4) is 0 Å². The first kappa shape index (κ1) is 14.6. The van der Waals surface area contributed by atoms with Crippen LogP contribution in [0, 0.1) is 0 Å². The molecular formula is C17H31N3. The van der Waals surface area contributed by atoms with Crippen molar-refractivity contribution in [3.05, 3.63) is 11.6 Å². The number of hydrogen-bond acceptors (Lipinski definition) is 3. The zero-order chi connectivity index (χ0) is 13.8. The summed E-state index contributed by atoms with van der Waals surface area (Å²) in [5, 5.41) is 0. The Morgan fingerprint density at radius 1 is 1.00 bits per heavy atom. The van der Waals surface area contributed by atoms with Gasteiger partial charge in [-0.05, 0) is 64.5 Å². The van der Waals surface area contributed by atoms with Crippen LogP contribution in [0.1, 0.15) is 70.6 Å². The number of nitrogens with one attached hydrogen (secondary N) is 1. The van der Waals surface area contributed by atoms with Gasteiger partial charge in [-0.25, -0.2) is 0 Å². The van der Waals surface area contributed by atoms with Gasteiger partial charge in [-0.3, -0.25) is 16.2 Å². The number of rotatable bonds is 4. The van der Waals surface area contributed by atoms with Gasteiger partial charge in [-0.2, -0.15) is 0 Å². The molecule has 1 saturated heterocycles. The standard InChI is InChI=1S/C17H31N3/c18-19-16(15-9-3-1-4-10-15)17(11-5-6-12-17)20-13-7-2-8-14-20/h9,16,19H,1-8,10-14,18H2. The molecule has 0 radical (unpaired) electrons. The Morgan fingerprint density at radius 3 is 2.35 bits per heavy atom. The van der Waals surface area contributed by atoms with E-state index in [2.05, 4.69) is 16.4 Å². The molecule has 1 atom stereocenters. The van der Waals surface area contributed by atoms with E-state index in [9.17, 15) is 0 Å². The minimum absolute atomic E-state index is 0.318. The van der Waals surface area contributed by atoms with Crippen molar-refractivity contribution in [1.82, 2.24) is 10.3 Å². The van der Waals surface area contributed by atoms with E-state index in [4.69, 9.17) is 5.84 Å². The van der Waals surface area contributed by atoms with Crippen LogP contribution >= 0.6 is 0 Å². The van der Waals surface area contributed by atoms with Crippen molar-refractivity contribution < 1.29 is 0 Å². The molecule has 1 aliphatic heterocycles. The smallest absolute Gasteiger partial charge is 0.0604 e. The van der Waals surface area contributed by atoms with E-state index in [0.29, 0.717) is 11.6 Å². The van der Waals surface area contributed by atoms with Crippen molar-refractivity contribution in [1.29, 1.82) is 0 Å². The summed E-state index contributed by atoms with van der Waals surface area (Å²) >= 11 is 0. The number of hydrogen-bond donors (Lipinski definition) is 2. The van der Waals surface area contributed by atoms with Gasteiger partial charge in [0.25, 0.3) is 0 Å². The summed E-state index contributed by atoms with van der Waals surface area (Å²) in [6.45, 7) is 2.57. The fourth-order valence-corrected chi connectivity index (χ4v) is 4.85. The first-order valence-corrected chi connectivity index (χ1v) is 8.77.